The minimum Gasteiger partial charge on any atom is -0.493 e. The molecule has 3 heterocycles. The summed E-state index contributed by atoms with van der Waals surface area (Å²) in [5.41, 5.74) is 2.50. The first kappa shape index (κ1) is 23.6. The maximum absolute atomic E-state index is 14.9. The van der Waals surface area contributed by atoms with Crippen LogP contribution >= 0.6 is 0 Å². The van der Waals surface area contributed by atoms with Gasteiger partial charge in [0.05, 0.1) is 12.7 Å². The van der Waals surface area contributed by atoms with Gasteiger partial charge in [0.1, 0.15) is 18.0 Å². The Morgan fingerprint density at radius 2 is 2.00 bits per heavy atom. The predicted molar refractivity (Wildman–Crippen MR) is 133 cm³/mol. The molecular formula is C28H37F2N3O. The molecule has 1 N–H and O–H groups in total. The van der Waals surface area contributed by atoms with Crippen molar-refractivity contribution < 1.29 is 13.5 Å². The molecule has 34 heavy (non-hydrogen) atoms. The van der Waals surface area contributed by atoms with E-state index in [2.05, 4.69) is 64.2 Å². The van der Waals surface area contributed by atoms with E-state index in [9.17, 15) is 8.78 Å². The lowest BCUT2D eigenvalue weighted by atomic mass is 9.82. The van der Waals surface area contributed by atoms with Crippen molar-refractivity contribution in [2.24, 2.45) is 11.8 Å². The summed E-state index contributed by atoms with van der Waals surface area (Å²) in [5.74, 6) is 1.35. The molecule has 0 radical (unpaired) electrons. The van der Waals surface area contributed by atoms with Crippen LogP contribution in [0, 0.1) is 11.8 Å². The van der Waals surface area contributed by atoms with E-state index in [1.807, 2.05) is 0 Å². The molecule has 4 nitrogen and oxygen atoms in total. The fraction of sp³-hybridized carbons (Fsp3) is 0.571. The number of nitrogens with zero attached hydrogens (tertiary/aromatic N) is 2. The fourth-order valence-corrected chi connectivity index (χ4v) is 5.90. The highest BCUT2D eigenvalue weighted by Crippen LogP contribution is 2.44. The Morgan fingerprint density at radius 3 is 2.71 bits per heavy atom. The van der Waals surface area contributed by atoms with E-state index in [-0.39, 0.29) is 30.6 Å². The average molecular weight is 470 g/mol. The lowest BCUT2D eigenvalue weighted by Gasteiger charge is -2.45. The van der Waals surface area contributed by atoms with E-state index in [4.69, 9.17) is 4.74 Å². The fourth-order valence-electron chi connectivity index (χ4n) is 5.90. The zero-order valence-electron chi connectivity index (χ0n) is 20.6. The van der Waals surface area contributed by atoms with Crippen LogP contribution < -0.4 is 0 Å². The number of hydrogen-bond donors (Lipinski definition) is 1. The van der Waals surface area contributed by atoms with Crippen molar-refractivity contribution in [3.63, 3.8) is 0 Å². The largest absolute Gasteiger partial charge is 0.493 e. The molecule has 6 heteroatoms. The van der Waals surface area contributed by atoms with Crippen molar-refractivity contribution in [2.45, 2.75) is 51.4 Å². The number of H-pyrrole nitrogens is 1. The first-order valence-corrected chi connectivity index (χ1v) is 12.7. The van der Waals surface area contributed by atoms with E-state index < -0.39 is 5.67 Å². The van der Waals surface area contributed by atoms with Crippen LogP contribution in [-0.4, -0.2) is 66.0 Å². The van der Waals surface area contributed by atoms with Crippen LogP contribution in [0.1, 0.15) is 44.5 Å². The van der Waals surface area contributed by atoms with Crippen LogP contribution in [0.25, 0.3) is 10.9 Å². The Hall–Kier alpha value is -2.18. The summed E-state index contributed by atoms with van der Waals surface area (Å²) in [7, 11) is 0. The highest BCUT2D eigenvalue weighted by Gasteiger charge is 2.40. The van der Waals surface area contributed by atoms with E-state index in [1.165, 1.54) is 16.6 Å². The molecule has 1 saturated heterocycles. The molecule has 3 aliphatic rings. The topological polar surface area (TPSA) is 31.5 Å². The quantitative estimate of drug-likeness (QED) is 0.548. The van der Waals surface area contributed by atoms with Crippen LogP contribution in [0.2, 0.25) is 0 Å². The summed E-state index contributed by atoms with van der Waals surface area (Å²) in [6, 6.07) is 8.84. The number of fused-ring (bicyclic) bond motifs is 3. The predicted octanol–water partition coefficient (Wildman–Crippen LogP) is 5.58. The van der Waals surface area contributed by atoms with Gasteiger partial charge >= 0.3 is 0 Å². The standard InChI is InChI=1S/C28H37F2N3O/c1-19-14-24-23-6-4-5-7-25(23)31-26(24)27(33(19)18-28(2,3)30)21-8-10-22(11-9-21)34-13-12-32-16-20(15-29)17-32/h4-8,10-11,19-21,27,31H,9,12-18H2,1-3H3/t19-,21?,27-/m1/s1. The van der Waals surface area contributed by atoms with Crippen molar-refractivity contribution in [1.29, 1.82) is 0 Å². The van der Waals surface area contributed by atoms with Crippen LogP contribution in [0.5, 0.6) is 0 Å². The van der Waals surface area contributed by atoms with Crippen molar-refractivity contribution in [3.05, 3.63) is 59.5 Å². The molecule has 184 valence electrons. The molecule has 0 spiro atoms. The maximum atomic E-state index is 14.9. The number of likely N-dealkylation sites (tertiary alicyclic amines) is 1. The number of aromatic nitrogens is 1. The molecule has 1 fully saturated rings. The van der Waals surface area contributed by atoms with E-state index in [0.717, 1.165) is 43.8 Å². The molecule has 0 saturated carbocycles. The smallest absolute Gasteiger partial charge is 0.118 e. The molecule has 2 aliphatic heterocycles. The number of rotatable bonds is 8. The lowest BCUT2D eigenvalue weighted by molar-refractivity contribution is 0.0355. The highest BCUT2D eigenvalue weighted by molar-refractivity contribution is 5.85. The molecule has 0 amide bonds. The summed E-state index contributed by atoms with van der Waals surface area (Å²) in [6.07, 6.45) is 8.27. The molecular weight excluding hydrogens is 432 g/mol. The summed E-state index contributed by atoms with van der Waals surface area (Å²) in [4.78, 5) is 8.29. The van der Waals surface area contributed by atoms with Gasteiger partial charge in [-0.25, -0.2) is 4.39 Å². The second kappa shape index (κ2) is 9.46. The summed E-state index contributed by atoms with van der Waals surface area (Å²) >= 11 is 0. The first-order chi connectivity index (χ1) is 16.3. The molecule has 2 aromatic rings. The molecule has 1 aliphatic carbocycles. The average Bonchev–Trinajstić information content (AvgIpc) is 3.13. The van der Waals surface area contributed by atoms with Crippen molar-refractivity contribution >= 4 is 10.9 Å². The molecule has 5 rings (SSSR count). The Balaban J connectivity index is 1.32. The molecule has 1 unspecified atom stereocenters. The van der Waals surface area contributed by atoms with Gasteiger partial charge in [-0.15, -0.1) is 0 Å². The number of nitrogens with one attached hydrogen (secondary N) is 1. The first-order valence-electron chi connectivity index (χ1n) is 12.7. The van der Waals surface area contributed by atoms with Crippen molar-refractivity contribution in [2.75, 3.05) is 39.5 Å². The molecule has 0 bridgehead atoms. The Morgan fingerprint density at radius 1 is 1.21 bits per heavy atom. The van der Waals surface area contributed by atoms with Gasteiger partial charge < -0.3 is 9.72 Å². The van der Waals surface area contributed by atoms with Crippen LogP contribution in [0.3, 0.4) is 0 Å². The van der Waals surface area contributed by atoms with E-state index >= 15 is 0 Å². The zero-order chi connectivity index (χ0) is 23.9. The Kier molecular flexibility index (Phi) is 6.56. The van der Waals surface area contributed by atoms with E-state index in [0.29, 0.717) is 13.2 Å². The Labute approximate surface area is 201 Å². The van der Waals surface area contributed by atoms with Gasteiger partial charge in [0.2, 0.25) is 0 Å². The summed E-state index contributed by atoms with van der Waals surface area (Å²) < 4.78 is 33.5. The SMILES string of the molecule is C[C@@H]1Cc2c([nH]c3ccccc23)[C@@H](C2C=CC(OCCN3CC(CF)C3)=CC2)N1CC(C)(C)F. The van der Waals surface area contributed by atoms with Gasteiger partial charge in [-0.05, 0) is 57.4 Å². The molecule has 3 atom stereocenters. The third-order valence-electron chi connectivity index (χ3n) is 7.56. The maximum Gasteiger partial charge on any atom is 0.118 e. The zero-order valence-corrected chi connectivity index (χ0v) is 20.6. The van der Waals surface area contributed by atoms with Crippen LogP contribution in [-0.2, 0) is 11.2 Å². The number of para-hydroxylation sites is 1. The van der Waals surface area contributed by atoms with E-state index in [1.54, 1.807) is 13.8 Å². The summed E-state index contributed by atoms with van der Waals surface area (Å²) in [6.45, 7) is 8.89. The lowest BCUT2D eigenvalue weighted by Crippen LogP contribution is -2.49. The van der Waals surface area contributed by atoms with Crippen LogP contribution in [0.4, 0.5) is 8.78 Å². The van der Waals surface area contributed by atoms with Gasteiger partial charge in [0, 0.05) is 60.7 Å². The van der Waals surface area contributed by atoms with Gasteiger partial charge in [-0.2, -0.15) is 0 Å². The number of allylic oxidation sites excluding steroid dienone is 2. The molecule has 1 aromatic carbocycles. The normalized spacial score (nSPS) is 26.4. The number of alkyl halides is 2. The minimum atomic E-state index is -1.27. The van der Waals surface area contributed by atoms with Gasteiger partial charge in [0.25, 0.3) is 0 Å². The van der Waals surface area contributed by atoms with Gasteiger partial charge in [-0.1, -0.05) is 24.3 Å². The summed E-state index contributed by atoms with van der Waals surface area (Å²) in [5, 5.41) is 1.29. The number of hydrogen-bond acceptors (Lipinski definition) is 3. The monoisotopic (exact) mass is 469 g/mol. The second-order valence-corrected chi connectivity index (χ2v) is 10.9. The van der Waals surface area contributed by atoms with Crippen molar-refractivity contribution in [1.82, 2.24) is 14.8 Å². The van der Waals surface area contributed by atoms with Gasteiger partial charge in [-0.3, -0.25) is 14.2 Å². The number of halogens is 2. The minimum absolute atomic E-state index is 0.0916. The third kappa shape index (κ3) is 4.80. The Bertz CT molecular complexity index is 1060. The number of aromatic amines is 1. The van der Waals surface area contributed by atoms with Crippen LogP contribution in [0.15, 0.2) is 48.3 Å². The highest BCUT2D eigenvalue weighted by atomic mass is 19.1. The number of benzene rings is 1. The second-order valence-electron chi connectivity index (χ2n) is 10.9. The van der Waals surface area contributed by atoms with Gasteiger partial charge in [0.15, 0.2) is 0 Å². The number of ether oxygens (including phenoxy) is 1. The van der Waals surface area contributed by atoms with Crippen molar-refractivity contribution in [3.8, 4) is 0 Å². The third-order valence-corrected chi connectivity index (χ3v) is 7.56. The molecule has 1 aromatic heterocycles.